The molecule has 6 heavy (non-hydrogen) atoms. The molecule has 1 unspecified atom stereocenters. The summed E-state index contributed by atoms with van der Waals surface area (Å²) in [4.78, 5) is 9.57. The molecule has 0 aromatic heterocycles. The SMILES string of the molecule is [11CH3]C(N)C(=O)O. The molecule has 3 heteroatoms. The van der Waals surface area contributed by atoms with Crippen LogP contribution in [0, 0.1) is 0 Å². The summed E-state index contributed by atoms with van der Waals surface area (Å²) in [6.07, 6.45) is 0. The van der Waals surface area contributed by atoms with Gasteiger partial charge in [-0.2, -0.15) is 0 Å². The lowest BCUT2D eigenvalue weighted by atomic mass is 10.1. The van der Waals surface area contributed by atoms with Gasteiger partial charge in [-0.3, -0.25) is 4.79 Å². The molecule has 3 nitrogen and oxygen atoms in total. The van der Waals surface area contributed by atoms with Gasteiger partial charge in [0.25, 0.3) is 0 Å². The molecule has 0 fully saturated rings. The van der Waals surface area contributed by atoms with E-state index >= 15 is 0 Å². The van der Waals surface area contributed by atoms with Crippen LogP contribution in [0.2, 0.25) is 0 Å². The van der Waals surface area contributed by atoms with Gasteiger partial charge in [0.1, 0.15) is 6.04 Å². The van der Waals surface area contributed by atoms with Gasteiger partial charge in [0, 0.05) is 0 Å². The van der Waals surface area contributed by atoms with E-state index in [4.69, 9.17) is 10.8 Å². The van der Waals surface area contributed by atoms with Crippen molar-refractivity contribution < 1.29 is 9.90 Å². The first-order chi connectivity index (χ1) is 2.64. The maximum absolute atomic E-state index is 9.57. The van der Waals surface area contributed by atoms with Crippen LogP contribution in [0.15, 0.2) is 0 Å². The largest absolute Gasteiger partial charge is 0.480 e. The van der Waals surface area contributed by atoms with Crippen LogP contribution in [0.3, 0.4) is 0 Å². The average Bonchev–Trinajstić information content (AvgIpc) is 1.36. The Kier molecular flexibility index (Phi) is 1.60. The molecule has 0 spiro atoms. The van der Waals surface area contributed by atoms with Gasteiger partial charge in [-0.25, -0.2) is 0 Å². The normalized spacial score (nSPS) is 13.7. The Morgan fingerprint density at radius 1 is 2.00 bits per heavy atom. The minimum Gasteiger partial charge on any atom is -0.480 e. The monoisotopic (exact) mass is 88.1 g/mol. The third-order valence-corrected chi connectivity index (χ3v) is 0.390. The first kappa shape index (κ1) is 5.43. The van der Waals surface area contributed by atoms with Crippen LogP contribution in [0.4, 0.5) is 0 Å². The first-order valence-electron chi connectivity index (χ1n) is 1.63. The van der Waals surface area contributed by atoms with Crippen LogP contribution in [-0.2, 0) is 4.79 Å². The standard InChI is InChI=1S/C3H7NO2/c1-2(4)3(5)6/h2H,4H2,1H3,(H,5,6)/i1-1. The zero-order chi connectivity index (χ0) is 5.15. The van der Waals surface area contributed by atoms with Crippen molar-refractivity contribution in [3.8, 4) is 0 Å². The lowest BCUT2D eigenvalue weighted by Gasteiger charge is -1.90. The van der Waals surface area contributed by atoms with E-state index < -0.39 is 12.0 Å². The van der Waals surface area contributed by atoms with Gasteiger partial charge in [-0.15, -0.1) is 0 Å². The van der Waals surface area contributed by atoms with Crippen molar-refractivity contribution in [2.75, 3.05) is 0 Å². The van der Waals surface area contributed by atoms with Gasteiger partial charge in [0.15, 0.2) is 0 Å². The van der Waals surface area contributed by atoms with E-state index in [1.807, 2.05) is 0 Å². The smallest absolute Gasteiger partial charge is 0.320 e. The van der Waals surface area contributed by atoms with Crippen molar-refractivity contribution in [1.29, 1.82) is 0 Å². The van der Waals surface area contributed by atoms with Crippen molar-refractivity contribution in [2.45, 2.75) is 13.0 Å². The summed E-state index contributed by atoms with van der Waals surface area (Å²) in [5, 5.41) is 7.87. The van der Waals surface area contributed by atoms with E-state index in [0.29, 0.717) is 0 Å². The molecular weight excluding hydrogens is 81.0 g/mol. The van der Waals surface area contributed by atoms with Gasteiger partial charge < -0.3 is 10.8 Å². The second kappa shape index (κ2) is 1.77. The predicted molar refractivity (Wildman–Crippen MR) is 21.3 cm³/mol. The summed E-state index contributed by atoms with van der Waals surface area (Å²) in [7, 11) is 0. The number of carboxylic acid groups (broad SMARTS) is 1. The fourth-order valence-corrected chi connectivity index (χ4v) is 0. The fraction of sp³-hybridized carbons (Fsp3) is 0.667. The molecule has 3 N–H and O–H groups in total. The van der Waals surface area contributed by atoms with Crippen molar-refractivity contribution in [2.24, 2.45) is 5.73 Å². The Balaban J connectivity index is 3.26. The number of carbonyl (C=O) groups is 1. The number of hydrogen-bond donors (Lipinski definition) is 2. The van der Waals surface area contributed by atoms with Crippen LogP contribution in [0.1, 0.15) is 6.92 Å². The van der Waals surface area contributed by atoms with Crippen molar-refractivity contribution >= 4 is 5.97 Å². The lowest BCUT2D eigenvalue weighted by molar-refractivity contribution is -0.138. The molecule has 0 aliphatic rings. The number of hydrogen-bond acceptors (Lipinski definition) is 2. The summed E-state index contributed by atoms with van der Waals surface area (Å²) in [6, 6.07) is -0.731. The Labute approximate surface area is 35.8 Å². The van der Waals surface area contributed by atoms with Gasteiger partial charge >= 0.3 is 5.97 Å². The minimum absolute atomic E-state index is 0.731. The molecule has 36 valence electrons. The molecule has 0 amide bonds. The van der Waals surface area contributed by atoms with Crippen LogP contribution in [-0.4, -0.2) is 17.1 Å². The fourth-order valence-electron chi connectivity index (χ4n) is 0. The summed E-state index contributed by atoms with van der Waals surface area (Å²) < 4.78 is 0. The highest BCUT2D eigenvalue weighted by atomic mass is 16.4. The van der Waals surface area contributed by atoms with E-state index in [9.17, 15) is 4.79 Å². The van der Waals surface area contributed by atoms with E-state index in [-0.39, 0.29) is 0 Å². The number of nitrogens with two attached hydrogens (primary N) is 1. The quantitative estimate of drug-likeness (QED) is 0.450. The van der Waals surface area contributed by atoms with Crippen LogP contribution >= 0.6 is 0 Å². The lowest BCUT2D eigenvalue weighted by Crippen LogP contribution is -2.25. The van der Waals surface area contributed by atoms with Gasteiger partial charge in [0.05, 0.1) is 0 Å². The summed E-state index contributed by atoms with van der Waals surface area (Å²) in [5.74, 6) is -0.963. The highest BCUT2D eigenvalue weighted by Gasteiger charge is 1.99. The van der Waals surface area contributed by atoms with E-state index in [1.54, 1.807) is 0 Å². The molecule has 0 rings (SSSR count). The first-order valence-corrected chi connectivity index (χ1v) is 1.63. The van der Waals surface area contributed by atoms with E-state index in [1.165, 1.54) is 6.92 Å². The topological polar surface area (TPSA) is 63.3 Å². The molecule has 0 aliphatic carbocycles. The maximum Gasteiger partial charge on any atom is 0.320 e. The van der Waals surface area contributed by atoms with Gasteiger partial charge in [-0.05, 0) is 6.92 Å². The molecular formula is C3H7NO2. The highest BCUT2D eigenvalue weighted by molar-refractivity contribution is 5.72. The van der Waals surface area contributed by atoms with Gasteiger partial charge in [-0.1, -0.05) is 0 Å². The molecule has 0 aromatic rings. The molecule has 0 saturated heterocycles. The van der Waals surface area contributed by atoms with Crippen LogP contribution in [0.5, 0.6) is 0 Å². The summed E-state index contributed by atoms with van der Waals surface area (Å²) >= 11 is 0. The molecule has 0 radical (unpaired) electrons. The third-order valence-electron chi connectivity index (χ3n) is 0.390. The highest BCUT2D eigenvalue weighted by Crippen LogP contribution is 1.68. The molecule has 0 heterocycles. The molecule has 1 atom stereocenters. The van der Waals surface area contributed by atoms with E-state index in [2.05, 4.69) is 0 Å². The van der Waals surface area contributed by atoms with Crippen molar-refractivity contribution in [3.63, 3.8) is 0 Å². The minimum atomic E-state index is -0.963. The third kappa shape index (κ3) is 1.72. The van der Waals surface area contributed by atoms with Crippen LogP contribution in [0.25, 0.3) is 0 Å². The summed E-state index contributed by atoms with van der Waals surface area (Å²) in [6.45, 7) is 1.42. The predicted octanol–water partition coefficient (Wildman–Crippen LogP) is -0.582. The van der Waals surface area contributed by atoms with E-state index in [0.717, 1.165) is 0 Å². The Bertz CT molecular complexity index is 59.8. The van der Waals surface area contributed by atoms with Crippen LogP contribution < -0.4 is 5.73 Å². The Hall–Kier alpha value is -0.570. The van der Waals surface area contributed by atoms with Gasteiger partial charge in [0.2, 0.25) is 0 Å². The molecule has 0 aliphatic heterocycles. The average molecular weight is 88.1 g/mol. The number of carboxylic acids is 1. The maximum atomic E-state index is 9.57. The Morgan fingerprint density at radius 2 is 2.17 bits per heavy atom. The molecule has 0 aromatic carbocycles. The molecule has 0 bridgehead atoms. The second-order valence-electron chi connectivity index (χ2n) is 1.13. The number of aliphatic carboxylic acids is 1. The zero-order valence-electron chi connectivity index (χ0n) is 3.51. The van der Waals surface area contributed by atoms with Crippen molar-refractivity contribution in [3.05, 3.63) is 0 Å². The number of rotatable bonds is 1. The van der Waals surface area contributed by atoms with Crippen molar-refractivity contribution in [1.82, 2.24) is 0 Å². The molecule has 0 saturated carbocycles. The summed E-state index contributed by atoms with van der Waals surface area (Å²) in [5.41, 5.74) is 4.84. The zero-order valence-corrected chi connectivity index (χ0v) is 3.51. The Morgan fingerprint density at radius 3 is 2.17 bits per heavy atom. The second-order valence-corrected chi connectivity index (χ2v) is 1.13.